The number of carbonyl (C=O) groups is 1. The van der Waals surface area contributed by atoms with E-state index >= 15 is 0 Å². The van der Waals surface area contributed by atoms with E-state index in [1.54, 1.807) is 6.92 Å². The van der Waals surface area contributed by atoms with E-state index in [9.17, 15) is 9.90 Å². The molecule has 1 aliphatic carbocycles. The number of carbonyl (C=O) groups excluding carboxylic acids is 1. The molecule has 1 aliphatic rings. The quantitative estimate of drug-likeness (QED) is 0.875. The minimum absolute atomic E-state index is 0.0871. The molecular formula is C16H23NO2. The molecule has 1 fully saturated rings. The average molecular weight is 261 g/mol. The predicted molar refractivity (Wildman–Crippen MR) is 76.3 cm³/mol. The third-order valence-corrected chi connectivity index (χ3v) is 3.97. The monoisotopic (exact) mass is 261 g/mol. The van der Waals surface area contributed by atoms with E-state index in [0.29, 0.717) is 12.5 Å². The number of amides is 1. The van der Waals surface area contributed by atoms with Gasteiger partial charge in [0.1, 0.15) is 0 Å². The molecule has 1 amide bonds. The van der Waals surface area contributed by atoms with Crippen LogP contribution < -0.4 is 5.32 Å². The Bertz CT molecular complexity index is 478. The van der Waals surface area contributed by atoms with Crippen LogP contribution in [-0.4, -0.2) is 23.2 Å². The summed E-state index contributed by atoms with van der Waals surface area (Å²) in [5.74, 6) is 0.254. The van der Waals surface area contributed by atoms with Gasteiger partial charge in [-0.15, -0.1) is 0 Å². The van der Waals surface area contributed by atoms with Gasteiger partial charge in [-0.1, -0.05) is 17.7 Å². The Labute approximate surface area is 115 Å². The van der Waals surface area contributed by atoms with E-state index in [4.69, 9.17) is 0 Å². The number of benzene rings is 1. The van der Waals surface area contributed by atoms with Gasteiger partial charge in [0.15, 0.2) is 0 Å². The van der Waals surface area contributed by atoms with Crippen LogP contribution in [-0.2, 0) is 0 Å². The number of hydrogen-bond acceptors (Lipinski definition) is 2. The molecule has 1 saturated carbocycles. The van der Waals surface area contributed by atoms with Crippen molar-refractivity contribution < 1.29 is 9.90 Å². The van der Waals surface area contributed by atoms with Gasteiger partial charge in [-0.2, -0.15) is 0 Å². The largest absolute Gasteiger partial charge is 0.388 e. The standard InChI is InChI=1S/C16H23NO2/c1-10-7-11(2)14(12(3)8-10)15(18)17-9-16(4,19)13-5-6-13/h7-8,13,19H,5-6,9H2,1-4H3,(H,17,18). The molecule has 0 bridgehead atoms. The molecule has 0 heterocycles. The number of aryl methyl sites for hydroxylation is 3. The third kappa shape index (κ3) is 3.16. The first kappa shape index (κ1) is 14.1. The van der Waals surface area contributed by atoms with Crippen molar-refractivity contribution in [3.8, 4) is 0 Å². The first-order valence-electron chi connectivity index (χ1n) is 6.89. The van der Waals surface area contributed by atoms with E-state index in [-0.39, 0.29) is 5.91 Å². The van der Waals surface area contributed by atoms with Crippen molar-refractivity contribution in [3.63, 3.8) is 0 Å². The normalized spacial score (nSPS) is 17.9. The van der Waals surface area contributed by atoms with Crippen molar-refractivity contribution in [1.82, 2.24) is 5.32 Å². The molecule has 1 atom stereocenters. The number of nitrogens with one attached hydrogen (secondary N) is 1. The van der Waals surface area contributed by atoms with Gasteiger partial charge in [-0.25, -0.2) is 0 Å². The van der Waals surface area contributed by atoms with E-state index in [2.05, 4.69) is 5.32 Å². The van der Waals surface area contributed by atoms with Crippen molar-refractivity contribution in [2.24, 2.45) is 5.92 Å². The second-order valence-electron chi connectivity index (χ2n) is 6.09. The summed E-state index contributed by atoms with van der Waals surface area (Å²) >= 11 is 0. The molecule has 0 aromatic heterocycles. The number of hydrogen-bond donors (Lipinski definition) is 2. The zero-order chi connectivity index (χ0) is 14.2. The van der Waals surface area contributed by atoms with Crippen LogP contribution in [0.2, 0.25) is 0 Å². The molecule has 3 heteroatoms. The van der Waals surface area contributed by atoms with Gasteiger partial charge in [0.05, 0.1) is 5.60 Å². The highest BCUT2D eigenvalue weighted by Crippen LogP contribution is 2.39. The van der Waals surface area contributed by atoms with Crippen molar-refractivity contribution in [2.75, 3.05) is 6.54 Å². The summed E-state index contributed by atoms with van der Waals surface area (Å²) in [6, 6.07) is 4.03. The van der Waals surface area contributed by atoms with Gasteiger partial charge >= 0.3 is 0 Å². The minimum atomic E-state index is -0.776. The summed E-state index contributed by atoms with van der Waals surface area (Å²) in [6.45, 7) is 8.06. The molecule has 19 heavy (non-hydrogen) atoms. The van der Waals surface area contributed by atoms with Crippen LogP contribution >= 0.6 is 0 Å². The lowest BCUT2D eigenvalue weighted by molar-refractivity contribution is 0.0354. The van der Waals surface area contributed by atoms with E-state index in [0.717, 1.165) is 35.1 Å². The summed E-state index contributed by atoms with van der Waals surface area (Å²) in [4.78, 5) is 12.3. The van der Waals surface area contributed by atoms with Crippen molar-refractivity contribution in [2.45, 2.75) is 46.1 Å². The van der Waals surface area contributed by atoms with Gasteiger partial charge in [0.25, 0.3) is 5.91 Å². The molecule has 0 radical (unpaired) electrons. The SMILES string of the molecule is Cc1cc(C)c(C(=O)NCC(C)(O)C2CC2)c(C)c1. The van der Waals surface area contributed by atoms with E-state index < -0.39 is 5.60 Å². The average Bonchev–Trinajstić information content (AvgIpc) is 3.08. The minimum Gasteiger partial charge on any atom is -0.388 e. The van der Waals surface area contributed by atoms with Gasteiger partial charge in [0.2, 0.25) is 0 Å². The van der Waals surface area contributed by atoms with Gasteiger partial charge in [0, 0.05) is 12.1 Å². The Morgan fingerprint density at radius 2 is 1.84 bits per heavy atom. The molecule has 2 N–H and O–H groups in total. The molecule has 0 saturated heterocycles. The maximum absolute atomic E-state index is 12.3. The molecule has 0 aliphatic heterocycles. The smallest absolute Gasteiger partial charge is 0.251 e. The second kappa shape index (κ2) is 4.97. The number of rotatable bonds is 4. The second-order valence-corrected chi connectivity index (χ2v) is 6.09. The lowest BCUT2D eigenvalue weighted by Crippen LogP contribution is -2.42. The zero-order valence-electron chi connectivity index (χ0n) is 12.2. The Hall–Kier alpha value is -1.35. The van der Waals surface area contributed by atoms with Crippen LogP contribution in [0.3, 0.4) is 0 Å². The van der Waals surface area contributed by atoms with Crippen LogP contribution in [0.15, 0.2) is 12.1 Å². The van der Waals surface area contributed by atoms with E-state index in [1.807, 2.05) is 32.9 Å². The fourth-order valence-electron chi connectivity index (χ4n) is 2.74. The highest BCUT2D eigenvalue weighted by Gasteiger charge is 2.40. The zero-order valence-corrected chi connectivity index (χ0v) is 12.2. The summed E-state index contributed by atoms with van der Waals surface area (Å²) < 4.78 is 0. The molecule has 1 aromatic carbocycles. The molecule has 1 aromatic rings. The van der Waals surface area contributed by atoms with Crippen molar-refractivity contribution in [3.05, 3.63) is 34.4 Å². The van der Waals surface area contributed by atoms with E-state index in [1.165, 1.54) is 0 Å². The lowest BCUT2D eigenvalue weighted by atomic mass is 9.97. The molecule has 1 unspecified atom stereocenters. The summed E-state index contributed by atoms with van der Waals surface area (Å²) in [6.07, 6.45) is 2.12. The first-order valence-corrected chi connectivity index (χ1v) is 6.89. The summed E-state index contributed by atoms with van der Waals surface area (Å²) in [5, 5.41) is 13.1. The van der Waals surface area contributed by atoms with Gasteiger partial charge in [-0.05, 0) is 57.6 Å². The molecular weight excluding hydrogens is 238 g/mol. The fourth-order valence-corrected chi connectivity index (χ4v) is 2.74. The molecule has 0 spiro atoms. The third-order valence-electron chi connectivity index (χ3n) is 3.97. The molecule has 104 valence electrons. The Morgan fingerprint density at radius 3 is 2.32 bits per heavy atom. The highest BCUT2D eigenvalue weighted by molar-refractivity contribution is 5.97. The predicted octanol–water partition coefficient (Wildman–Crippen LogP) is 2.50. The van der Waals surface area contributed by atoms with Gasteiger partial charge in [-0.3, -0.25) is 4.79 Å². The van der Waals surface area contributed by atoms with Crippen molar-refractivity contribution in [1.29, 1.82) is 0 Å². The van der Waals surface area contributed by atoms with Crippen molar-refractivity contribution >= 4 is 5.91 Å². The summed E-state index contributed by atoms with van der Waals surface area (Å²) in [5.41, 5.74) is 3.10. The fraction of sp³-hybridized carbons (Fsp3) is 0.562. The van der Waals surface area contributed by atoms with Crippen LogP contribution in [0.25, 0.3) is 0 Å². The topological polar surface area (TPSA) is 49.3 Å². The molecule has 2 rings (SSSR count). The Balaban J connectivity index is 2.08. The Morgan fingerprint density at radius 1 is 1.32 bits per heavy atom. The summed E-state index contributed by atoms with van der Waals surface area (Å²) in [7, 11) is 0. The Kier molecular flexibility index (Phi) is 3.68. The lowest BCUT2D eigenvalue weighted by Gasteiger charge is -2.23. The van der Waals surface area contributed by atoms with Crippen LogP contribution in [0, 0.1) is 26.7 Å². The maximum atomic E-state index is 12.3. The van der Waals surface area contributed by atoms with Crippen LogP contribution in [0.1, 0.15) is 46.8 Å². The maximum Gasteiger partial charge on any atom is 0.251 e. The van der Waals surface area contributed by atoms with Gasteiger partial charge < -0.3 is 10.4 Å². The highest BCUT2D eigenvalue weighted by atomic mass is 16.3. The number of aliphatic hydroxyl groups is 1. The van der Waals surface area contributed by atoms with Crippen LogP contribution in [0.4, 0.5) is 0 Å². The first-order chi connectivity index (χ1) is 8.81. The molecule has 3 nitrogen and oxygen atoms in total. The van der Waals surface area contributed by atoms with Crippen LogP contribution in [0.5, 0.6) is 0 Å².